The summed E-state index contributed by atoms with van der Waals surface area (Å²) in [6, 6.07) is 14.5. The van der Waals surface area contributed by atoms with Crippen molar-refractivity contribution >= 4 is 44.9 Å². The van der Waals surface area contributed by atoms with Crippen LogP contribution in [0, 0.1) is 0 Å². The van der Waals surface area contributed by atoms with Crippen molar-refractivity contribution in [1.29, 1.82) is 0 Å². The van der Waals surface area contributed by atoms with Gasteiger partial charge in [0.2, 0.25) is 0 Å². The third-order valence-corrected chi connectivity index (χ3v) is 22.9. The van der Waals surface area contributed by atoms with E-state index >= 15 is 0 Å². The SMILES string of the molecule is C=CC[Si](C)(C)CCC[Si](CCCS)(CCC[Si](C)(C)CC=C)CCC[Si](C)(C)CC=C. The van der Waals surface area contributed by atoms with E-state index in [0.29, 0.717) is 0 Å². The Morgan fingerprint density at radius 3 is 1.03 bits per heavy atom. The highest BCUT2D eigenvalue weighted by molar-refractivity contribution is 7.80. The van der Waals surface area contributed by atoms with Crippen LogP contribution < -0.4 is 0 Å². The van der Waals surface area contributed by atoms with Gasteiger partial charge in [-0.15, -0.1) is 19.7 Å². The zero-order valence-corrected chi connectivity index (χ0v) is 27.8. The van der Waals surface area contributed by atoms with Gasteiger partial charge in [-0.3, -0.25) is 0 Å². The fourth-order valence-corrected chi connectivity index (χ4v) is 18.6. The molecule has 0 aromatic rings. The van der Waals surface area contributed by atoms with Crippen molar-refractivity contribution in [2.45, 2.75) is 125 Å². The predicted octanol–water partition coefficient (Wildman–Crippen LogP) is 10.6. The Kier molecular flexibility index (Phi) is 16.4. The van der Waals surface area contributed by atoms with Gasteiger partial charge in [0, 0.05) is 0 Å². The molecule has 0 amide bonds. The summed E-state index contributed by atoms with van der Waals surface area (Å²) in [5, 5.41) is 0. The van der Waals surface area contributed by atoms with Crippen LogP contribution in [-0.2, 0) is 0 Å². The van der Waals surface area contributed by atoms with Crippen LogP contribution in [0.1, 0.15) is 25.7 Å². The molecule has 0 atom stereocenters. The lowest BCUT2D eigenvalue weighted by atomic mass is 10.5. The van der Waals surface area contributed by atoms with E-state index in [-0.39, 0.29) is 0 Å². The minimum Gasteiger partial charge on any atom is -0.179 e. The first-order chi connectivity index (χ1) is 14.9. The van der Waals surface area contributed by atoms with Gasteiger partial charge < -0.3 is 0 Å². The molecule has 0 radical (unpaired) electrons. The highest BCUT2D eigenvalue weighted by Crippen LogP contribution is 2.37. The molecule has 0 bridgehead atoms. The van der Waals surface area contributed by atoms with Gasteiger partial charge in [0.05, 0.1) is 32.3 Å². The van der Waals surface area contributed by atoms with Crippen LogP contribution in [0.15, 0.2) is 38.0 Å². The molecule has 0 aliphatic carbocycles. The van der Waals surface area contributed by atoms with Crippen molar-refractivity contribution in [2.24, 2.45) is 0 Å². The number of rotatable bonds is 21. The Morgan fingerprint density at radius 1 is 0.500 bits per heavy atom. The molecular weight excluding hydrogens is 469 g/mol. The molecule has 0 aliphatic heterocycles. The first-order valence-corrected chi connectivity index (χ1v) is 27.0. The summed E-state index contributed by atoms with van der Waals surface area (Å²) in [6.07, 6.45) is 12.3. The van der Waals surface area contributed by atoms with Crippen LogP contribution in [0.25, 0.3) is 0 Å². The number of hydrogen-bond donors (Lipinski definition) is 1. The molecule has 0 spiro atoms. The smallest absolute Gasteiger partial charge is 0.0535 e. The average molecular weight is 527 g/mol. The third kappa shape index (κ3) is 15.4. The van der Waals surface area contributed by atoms with Gasteiger partial charge in [0.15, 0.2) is 0 Å². The largest absolute Gasteiger partial charge is 0.179 e. The summed E-state index contributed by atoms with van der Waals surface area (Å²) in [5.74, 6) is 1.07. The molecule has 5 heteroatoms. The van der Waals surface area contributed by atoms with Crippen molar-refractivity contribution < 1.29 is 0 Å². The lowest BCUT2D eigenvalue weighted by molar-refractivity contribution is 0.867. The van der Waals surface area contributed by atoms with Gasteiger partial charge in [-0.1, -0.05) is 119 Å². The Hall–Kier alpha value is 0.438. The van der Waals surface area contributed by atoms with Gasteiger partial charge in [-0.2, -0.15) is 12.6 Å². The second kappa shape index (κ2) is 16.2. The first kappa shape index (κ1) is 32.4. The van der Waals surface area contributed by atoms with E-state index in [1.807, 2.05) is 0 Å². The van der Waals surface area contributed by atoms with Gasteiger partial charge in [0.25, 0.3) is 0 Å². The molecule has 0 saturated carbocycles. The standard InChI is InChI=1S/C27H58SSi4/c1-10-18-29(4,5)21-14-25-32(24-13-17-28,26-15-22-30(6,7)19-11-2)27-16-23-31(8,9)20-12-3/h10-12,28H,1-3,13-27H2,4-9H3. The summed E-state index contributed by atoms with van der Waals surface area (Å²) in [5.41, 5.74) is 0. The van der Waals surface area contributed by atoms with Crippen molar-refractivity contribution in [2.75, 3.05) is 5.75 Å². The Bertz CT molecular complexity index is 470. The van der Waals surface area contributed by atoms with E-state index in [1.54, 1.807) is 18.1 Å². The Labute approximate surface area is 213 Å². The molecule has 0 aliphatic rings. The molecule has 32 heavy (non-hydrogen) atoms. The lowest BCUT2D eigenvalue weighted by Crippen LogP contribution is -2.37. The van der Waals surface area contributed by atoms with Crippen LogP contribution in [0.2, 0.25) is 99.7 Å². The summed E-state index contributed by atoms with van der Waals surface area (Å²) >= 11 is 4.64. The molecular formula is C27H58SSi4. The molecule has 0 rings (SSSR count). The second-order valence-electron chi connectivity index (χ2n) is 12.9. The number of allylic oxidation sites excluding steroid dienone is 3. The van der Waals surface area contributed by atoms with E-state index in [4.69, 9.17) is 0 Å². The normalized spacial score (nSPS) is 13.2. The van der Waals surface area contributed by atoms with Gasteiger partial charge >= 0.3 is 0 Å². The fraction of sp³-hybridized carbons (Fsp3) is 0.778. The van der Waals surface area contributed by atoms with Crippen LogP contribution in [0.3, 0.4) is 0 Å². The second-order valence-corrected chi connectivity index (χ2v) is 34.0. The van der Waals surface area contributed by atoms with Crippen molar-refractivity contribution in [1.82, 2.24) is 0 Å². The number of hydrogen-bond acceptors (Lipinski definition) is 1. The quantitative estimate of drug-likeness (QED) is 0.0857. The topological polar surface area (TPSA) is 0 Å². The van der Waals surface area contributed by atoms with E-state index in [0.717, 1.165) is 5.75 Å². The maximum Gasteiger partial charge on any atom is 0.0535 e. The number of thiol groups is 1. The fourth-order valence-electron chi connectivity index (χ4n) is 5.51. The molecule has 0 fully saturated rings. The maximum absolute atomic E-state index is 4.64. The Balaban J connectivity index is 5.33. The molecule has 0 heterocycles. The van der Waals surface area contributed by atoms with Crippen molar-refractivity contribution in [3.63, 3.8) is 0 Å². The highest BCUT2D eigenvalue weighted by Gasteiger charge is 2.33. The van der Waals surface area contributed by atoms with Crippen LogP contribution in [0.4, 0.5) is 0 Å². The van der Waals surface area contributed by atoms with Crippen LogP contribution >= 0.6 is 12.6 Å². The van der Waals surface area contributed by atoms with Crippen LogP contribution in [0.5, 0.6) is 0 Å². The van der Waals surface area contributed by atoms with Crippen molar-refractivity contribution in [3.05, 3.63) is 38.0 Å². The molecule has 0 saturated heterocycles. The maximum atomic E-state index is 4.64. The summed E-state index contributed by atoms with van der Waals surface area (Å²) < 4.78 is 0. The summed E-state index contributed by atoms with van der Waals surface area (Å²) in [7, 11) is -4.54. The molecule has 0 aromatic heterocycles. The van der Waals surface area contributed by atoms with E-state index in [9.17, 15) is 0 Å². The van der Waals surface area contributed by atoms with Gasteiger partial charge in [0.1, 0.15) is 0 Å². The van der Waals surface area contributed by atoms with E-state index < -0.39 is 32.3 Å². The average Bonchev–Trinajstić information content (AvgIpc) is 2.65. The minimum absolute atomic E-state index is 1.07. The van der Waals surface area contributed by atoms with Gasteiger partial charge in [-0.05, 0) is 30.3 Å². The van der Waals surface area contributed by atoms with E-state index in [1.165, 1.54) is 68.0 Å². The zero-order chi connectivity index (χ0) is 24.7. The molecule has 0 unspecified atom stereocenters. The van der Waals surface area contributed by atoms with Crippen molar-refractivity contribution in [3.8, 4) is 0 Å². The van der Waals surface area contributed by atoms with Gasteiger partial charge in [-0.25, -0.2) is 0 Å². The van der Waals surface area contributed by atoms with E-state index in [2.05, 4.69) is 89.9 Å². The summed E-state index contributed by atoms with van der Waals surface area (Å²) in [4.78, 5) is 0. The third-order valence-electron chi connectivity index (χ3n) is 7.64. The highest BCUT2D eigenvalue weighted by atomic mass is 32.1. The Morgan fingerprint density at radius 2 is 0.781 bits per heavy atom. The monoisotopic (exact) mass is 526 g/mol. The zero-order valence-electron chi connectivity index (χ0n) is 22.9. The molecule has 0 N–H and O–H groups in total. The van der Waals surface area contributed by atoms with Crippen LogP contribution in [-0.4, -0.2) is 38.0 Å². The summed E-state index contributed by atoms with van der Waals surface area (Å²) in [6.45, 7) is 27.5. The predicted molar refractivity (Wildman–Crippen MR) is 169 cm³/mol. The lowest BCUT2D eigenvalue weighted by Gasteiger charge is -2.35. The first-order valence-electron chi connectivity index (χ1n) is 13.3. The minimum atomic E-state index is -1.24. The molecule has 188 valence electrons. The molecule has 0 aromatic carbocycles. The molecule has 0 nitrogen and oxygen atoms in total.